The number of carbonyl (C=O) groups is 1. The second-order valence-corrected chi connectivity index (χ2v) is 7.42. The number of fused-ring (bicyclic) bond motifs is 3. The number of amides is 1. The molecule has 3 fully saturated rings. The predicted molar refractivity (Wildman–Crippen MR) is 70.0 cm³/mol. The van der Waals surface area contributed by atoms with E-state index in [2.05, 4.69) is 5.32 Å². The Balaban J connectivity index is 1.94. The number of carbonyl (C=O) groups excluding carboxylic acids is 1. The summed E-state index contributed by atoms with van der Waals surface area (Å²) < 4.78 is 47.5. The molecular weight excluding hydrogens is 288 g/mol. The van der Waals surface area contributed by atoms with E-state index in [4.69, 9.17) is 0 Å². The highest BCUT2D eigenvalue weighted by atomic mass is 32.2. The molecule has 3 saturated carbocycles. The Bertz CT molecular complexity index is 398. The van der Waals surface area contributed by atoms with Gasteiger partial charge in [0.2, 0.25) is 5.91 Å². The van der Waals surface area contributed by atoms with E-state index in [9.17, 15) is 22.3 Å². The summed E-state index contributed by atoms with van der Waals surface area (Å²) in [5.74, 6) is -3.43. The topological polar surface area (TPSA) is 69.2 Å². The summed E-state index contributed by atoms with van der Waals surface area (Å²) in [6.45, 7) is 0.737. The van der Waals surface area contributed by atoms with E-state index in [1.807, 2.05) is 0 Å². The van der Waals surface area contributed by atoms with Crippen molar-refractivity contribution in [2.45, 2.75) is 63.3 Å². The molecule has 0 aromatic heterocycles. The molecule has 0 aromatic rings. The van der Waals surface area contributed by atoms with Crippen LogP contribution in [0.15, 0.2) is 0 Å². The standard InChI is InChI=1S/C13H21F2NO3S/c1-11(14,15)8-10(17)16-13-5-2-12(3-6-13,4-7-13)9-20(18)19/h2-9H2,1H3,(H,16,17)(H,18,19)/p-1. The Labute approximate surface area is 120 Å². The van der Waals surface area contributed by atoms with E-state index >= 15 is 0 Å². The van der Waals surface area contributed by atoms with Crippen molar-refractivity contribution in [3.8, 4) is 0 Å². The van der Waals surface area contributed by atoms with Crippen LogP contribution in [0.3, 0.4) is 0 Å². The van der Waals surface area contributed by atoms with Crippen LogP contribution in [0.25, 0.3) is 0 Å². The molecule has 2 bridgehead atoms. The number of hydrogen-bond donors (Lipinski definition) is 1. The lowest BCUT2D eigenvalue weighted by Gasteiger charge is -2.54. The fourth-order valence-electron chi connectivity index (χ4n) is 3.54. The minimum Gasteiger partial charge on any atom is -0.772 e. The molecule has 20 heavy (non-hydrogen) atoms. The smallest absolute Gasteiger partial charge is 0.254 e. The zero-order chi connectivity index (χ0) is 15.0. The van der Waals surface area contributed by atoms with Crippen LogP contribution in [-0.2, 0) is 15.9 Å². The molecule has 1 N–H and O–H groups in total. The first-order valence-electron chi connectivity index (χ1n) is 6.89. The lowest BCUT2D eigenvalue weighted by molar-refractivity contribution is -0.131. The molecule has 1 unspecified atom stereocenters. The van der Waals surface area contributed by atoms with Crippen molar-refractivity contribution in [3.05, 3.63) is 0 Å². The van der Waals surface area contributed by atoms with E-state index in [0.717, 1.165) is 26.2 Å². The van der Waals surface area contributed by atoms with Crippen molar-refractivity contribution in [2.24, 2.45) is 5.41 Å². The number of hydrogen-bond acceptors (Lipinski definition) is 3. The van der Waals surface area contributed by atoms with E-state index in [1.165, 1.54) is 0 Å². The molecule has 7 heteroatoms. The summed E-state index contributed by atoms with van der Waals surface area (Å²) in [5.41, 5.74) is -0.553. The molecule has 1 amide bonds. The first-order chi connectivity index (χ1) is 9.14. The van der Waals surface area contributed by atoms with Crippen molar-refractivity contribution in [1.29, 1.82) is 0 Å². The molecule has 3 aliphatic rings. The van der Waals surface area contributed by atoms with Gasteiger partial charge in [-0.1, -0.05) is 11.1 Å². The van der Waals surface area contributed by atoms with Crippen molar-refractivity contribution in [3.63, 3.8) is 0 Å². The second kappa shape index (κ2) is 5.33. The minimum absolute atomic E-state index is 0.159. The predicted octanol–water partition coefficient (Wildman–Crippen LogP) is 2.12. The molecule has 0 aliphatic heterocycles. The maximum absolute atomic E-state index is 12.8. The molecule has 1 atom stereocenters. The fourth-order valence-corrected chi connectivity index (χ4v) is 4.47. The number of alkyl halides is 2. The van der Waals surface area contributed by atoms with Crippen LogP contribution in [0, 0.1) is 5.41 Å². The van der Waals surface area contributed by atoms with Gasteiger partial charge in [0.15, 0.2) is 0 Å². The molecular formula is C13H20F2NO3S-. The van der Waals surface area contributed by atoms with Gasteiger partial charge in [0.1, 0.15) is 0 Å². The Morgan fingerprint density at radius 1 is 1.25 bits per heavy atom. The fraction of sp³-hybridized carbons (Fsp3) is 0.923. The van der Waals surface area contributed by atoms with Gasteiger partial charge >= 0.3 is 0 Å². The van der Waals surface area contributed by atoms with E-state index < -0.39 is 34.9 Å². The van der Waals surface area contributed by atoms with Gasteiger partial charge in [0.25, 0.3) is 5.92 Å². The van der Waals surface area contributed by atoms with Crippen LogP contribution in [-0.4, -0.2) is 31.9 Å². The monoisotopic (exact) mass is 308 g/mol. The zero-order valence-electron chi connectivity index (χ0n) is 11.5. The molecule has 3 rings (SSSR count). The summed E-state index contributed by atoms with van der Waals surface area (Å²) in [4.78, 5) is 11.7. The Kier molecular flexibility index (Phi) is 4.22. The first kappa shape index (κ1) is 15.8. The Morgan fingerprint density at radius 2 is 1.75 bits per heavy atom. The van der Waals surface area contributed by atoms with Gasteiger partial charge in [-0.3, -0.25) is 9.00 Å². The summed E-state index contributed by atoms with van der Waals surface area (Å²) in [6, 6.07) is 0. The Hall–Kier alpha value is -0.560. The van der Waals surface area contributed by atoms with Crippen LogP contribution in [0.1, 0.15) is 51.9 Å². The molecule has 0 radical (unpaired) electrons. The molecule has 0 spiro atoms. The van der Waals surface area contributed by atoms with Crippen LogP contribution in [0.2, 0.25) is 0 Å². The first-order valence-corrected chi connectivity index (χ1v) is 8.13. The van der Waals surface area contributed by atoms with E-state index in [-0.39, 0.29) is 11.2 Å². The molecule has 0 saturated heterocycles. The van der Waals surface area contributed by atoms with Crippen molar-refractivity contribution in [1.82, 2.24) is 5.32 Å². The summed E-state index contributed by atoms with van der Waals surface area (Å²) in [7, 11) is 0. The third kappa shape index (κ3) is 3.75. The van der Waals surface area contributed by atoms with Crippen LogP contribution < -0.4 is 5.32 Å². The van der Waals surface area contributed by atoms with E-state index in [1.54, 1.807) is 0 Å². The highest BCUT2D eigenvalue weighted by Crippen LogP contribution is 2.52. The molecule has 0 heterocycles. The SMILES string of the molecule is CC(F)(F)CC(=O)NC12CCC(CS(=O)[O-])(CC1)CC2. The van der Waals surface area contributed by atoms with Gasteiger partial charge in [-0.25, -0.2) is 8.78 Å². The molecule has 116 valence electrons. The summed E-state index contributed by atoms with van der Waals surface area (Å²) >= 11 is -2.05. The van der Waals surface area contributed by atoms with Gasteiger partial charge in [-0.15, -0.1) is 0 Å². The summed E-state index contributed by atoms with van der Waals surface area (Å²) in [5, 5.41) is 2.77. The molecule has 0 aromatic carbocycles. The Morgan fingerprint density at radius 3 is 2.15 bits per heavy atom. The van der Waals surface area contributed by atoms with Crippen molar-refractivity contribution in [2.75, 3.05) is 5.75 Å². The average Bonchev–Trinajstić information content (AvgIpc) is 2.27. The third-order valence-corrected chi connectivity index (χ3v) is 5.55. The average molecular weight is 308 g/mol. The highest BCUT2D eigenvalue weighted by molar-refractivity contribution is 7.79. The van der Waals surface area contributed by atoms with E-state index in [0.29, 0.717) is 19.3 Å². The van der Waals surface area contributed by atoms with Gasteiger partial charge in [-0.05, 0) is 50.9 Å². The van der Waals surface area contributed by atoms with Gasteiger partial charge in [0, 0.05) is 11.3 Å². The largest absolute Gasteiger partial charge is 0.772 e. The molecule has 3 aliphatic carbocycles. The van der Waals surface area contributed by atoms with Crippen molar-refractivity contribution >= 4 is 17.0 Å². The second-order valence-electron chi connectivity index (χ2n) is 6.52. The quantitative estimate of drug-likeness (QED) is 0.791. The number of rotatable bonds is 5. The van der Waals surface area contributed by atoms with Gasteiger partial charge < -0.3 is 9.87 Å². The minimum atomic E-state index is -2.99. The maximum atomic E-state index is 12.8. The highest BCUT2D eigenvalue weighted by Gasteiger charge is 2.49. The van der Waals surface area contributed by atoms with Crippen LogP contribution in [0.5, 0.6) is 0 Å². The lowest BCUT2D eigenvalue weighted by Crippen LogP contribution is -2.58. The normalized spacial score (nSPS) is 34.8. The third-order valence-electron chi connectivity index (χ3n) is 4.70. The van der Waals surface area contributed by atoms with Crippen LogP contribution >= 0.6 is 0 Å². The molecule has 4 nitrogen and oxygen atoms in total. The maximum Gasteiger partial charge on any atom is 0.254 e. The lowest BCUT2D eigenvalue weighted by atomic mass is 9.58. The van der Waals surface area contributed by atoms with Gasteiger partial charge in [-0.2, -0.15) is 0 Å². The number of halogens is 2. The van der Waals surface area contributed by atoms with Crippen LogP contribution in [0.4, 0.5) is 8.78 Å². The summed E-state index contributed by atoms with van der Waals surface area (Å²) in [6.07, 6.45) is 3.49. The van der Waals surface area contributed by atoms with Gasteiger partial charge in [0.05, 0.1) is 6.42 Å². The number of nitrogens with one attached hydrogen (secondary N) is 1. The zero-order valence-corrected chi connectivity index (χ0v) is 12.4. The van der Waals surface area contributed by atoms with Crippen molar-refractivity contribution < 1.29 is 22.3 Å².